The van der Waals surface area contributed by atoms with Crippen molar-refractivity contribution in [2.24, 2.45) is 0 Å². The van der Waals surface area contributed by atoms with Crippen LogP contribution in [0.2, 0.25) is 0 Å². The number of carbonyl (C=O) groups excluding carboxylic acids is 3. The summed E-state index contributed by atoms with van der Waals surface area (Å²) in [4.78, 5) is 37.1. The fourth-order valence-electron chi connectivity index (χ4n) is 2.66. The summed E-state index contributed by atoms with van der Waals surface area (Å²) in [5.74, 6) is 0.824. The maximum atomic E-state index is 12.6. The molecule has 1 aromatic rings. The minimum Gasteiger partial charge on any atom is -0.467 e. The van der Waals surface area contributed by atoms with Gasteiger partial charge in [-0.2, -0.15) is 11.8 Å². The third-order valence-corrected chi connectivity index (χ3v) is 6.67. The molecule has 2 atom stereocenters. The van der Waals surface area contributed by atoms with Gasteiger partial charge in [0.05, 0.1) is 12.0 Å². The lowest BCUT2D eigenvalue weighted by Gasteiger charge is -2.30. The van der Waals surface area contributed by atoms with Gasteiger partial charge in [0.25, 0.3) is 0 Å². The smallest absolute Gasteiger partial charge is 0.329 e. The number of thioether (sulfide) groups is 2. The highest BCUT2D eigenvalue weighted by Crippen LogP contribution is 2.37. The molecule has 6 nitrogen and oxygen atoms in total. The summed E-state index contributed by atoms with van der Waals surface area (Å²) in [5, 5.41) is 2.75. The van der Waals surface area contributed by atoms with E-state index in [2.05, 4.69) is 5.32 Å². The third-order valence-electron chi connectivity index (χ3n) is 4.17. The molecule has 142 valence electrons. The minimum absolute atomic E-state index is 0.328. The first-order chi connectivity index (χ1) is 12.4. The number of nitrogens with one attached hydrogen (secondary N) is 1. The van der Waals surface area contributed by atoms with Crippen molar-refractivity contribution in [3.8, 4) is 0 Å². The lowest BCUT2D eigenvalue weighted by molar-refractivity contribution is -0.145. The fraction of sp³-hybridized carbons (Fsp3) is 0.500. The number of benzene rings is 1. The van der Waals surface area contributed by atoms with Crippen LogP contribution in [0, 0.1) is 0 Å². The SMILES string of the molecule is COC(=O)[C@H](CSCc1ccccc1)NC(=O)[C@@H]1CSC(C)(C)N1C=O. The highest BCUT2D eigenvalue weighted by molar-refractivity contribution is 8.00. The number of amides is 2. The first kappa shape index (κ1) is 20.6. The number of nitrogens with zero attached hydrogens (tertiary/aromatic N) is 1. The van der Waals surface area contributed by atoms with Crippen molar-refractivity contribution in [2.75, 3.05) is 18.6 Å². The van der Waals surface area contributed by atoms with Gasteiger partial charge in [-0.15, -0.1) is 11.8 Å². The van der Waals surface area contributed by atoms with Crippen LogP contribution >= 0.6 is 23.5 Å². The summed E-state index contributed by atoms with van der Waals surface area (Å²) in [6, 6.07) is 8.57. The van der Waals surface area contributed by atoms with Crippen LogP contribution in [-0.2, 0) is 24.9 Å². The number of carbonyl (C=O) groups is 3. The Hall–Kier alpha value is -1.67. The van der Waals surface area contributed by atoms with Gasteiger partial charge in [-0.3, -0.25) is 9.59 Å². The van der Waals surface area contributed by atoms with E-state index < -0.39 is 22.9 Å². The van der Waals surface area contributed by atoms with Crippen LogP contribution in [-0.4, -0.2) is 58.8 Å². The molecule has 26 heavy (non-hydrogen) atoms. The largest absolute Gasteiger partial charge is 0.467 e. The molecule has 1 aliphatic rings. The van der Waals surface area contributed by atoms with Gasteiger partial charge < -0.3 is 15.0 Å². The van der Waals surface area contributed by atoms with E-state index in [1.807, 2.05) is 44.2 Å². The molecule has 1 fully saturated rings. The Bertz CT molecular complexity index is 639. The Morgan fingerprint density at radius 1 is 1.42 bits per heavy atom. The zero-order chi connectivity index (χ0) is 19.2. The molecule has 1 heterocycles. The van der Waals surface area contributed by atoms with Crippen molar-refractivity contribution in [1.82, 2.24) is 10.2 Å². The van der Waals surface area contributed by atoms with Crippen LogP contribution in [0.1, 0.15) is 19.4 Å². The van der Waals surface area contributed by atoms with Crippen LogP contribution in [0.15, 0.2) is 30.3 Å². The van der Waals surface area contributed by atoms with Gasteiger partial charge in [-0.05, 0) is 19.4 Å². The predicted octanol–water partition coefficient (Wildman–Crippen LogP) is 1.89. The molecule has 0 saturated carbocycles. The highest BCUT2D eigenvalue weighted by atomic mass is 32.2. The van der Waals surface area contributed by atoms with Crippen molar-refractivity contribution in [3.05, 3.63) is 35.9 Å². The topological polar surface area (TPSA) is 75.7 Å². The molecule has 0 spiro atoms. The maximum Gasteiger partial charge on any atom is 0.329 e. The second kappa shape index (κ2) is 9.32. The number of ether oxygens (including phenoxy) is 1. The minimum atomic E-state index is -0.747. The van der Waals surface area contributed by atoms with Gasteiger partial charge in [0.1, 0.15) is 12.1 Å². The molecule has 0 unspecified atom stereocenters. The summed E-state index contributed by atoms with van der Waals surface area (Å²) in [5.41, 5.74) is 1.15. The molecule has 0 radical (unpaired) electrons. The molecular weight excluding hydrogens is 372 g/mol. The number of rotatable bonds is 8. The molecule has 1 saturated heterocycles. The van der Waals surface area contributed by atoms with Crippen LogP contribution in [0.3, 0.4) is 0 Å². The molecule has 1 N–H and O–H groups in total. The van der Waals surface area contributed by atoms with Crippen molar-refractivity contribution < 1.29 is 19.1 Å². The molecule has 0 bridgehead atoms. The number of esters is 1. The first-order valence-electron chi connectivity index (χ1n) is 8.26. The van der Waals surface area contributed by atoms with Gasteiger partial charge in [0.2, 0.25) is 12.3 Å². The first-order valence-corrected chi connectivity index (χ1v) is 10.4. The summed E-state index contributed by atoms with van der Waals surface area (Å²) >= 11 is 3.08. The average molecular weight is 397 g/mol. The lowest BCUT2D eigenvalue weighted by Crippen LogP contribution is -2.53. The quantitative estimate of drug-likeness (QED) is 0.534. The van der Waals surface area contributed by atoms with Crippen molar-refractivity contribution in [2.45, 2.75) is 36.6 Å². The number of hydrogen-bond acceptors (Lipinski definition) is 6. The number of methoxy groups -OCH3 is 1. The van der Waals surface area contributed by atoms with Crippen LogP contribution < -0.4 is 5.32 Å². The molecule has 1 aromatic carbocycles. The Labute approximate surface area is 162 Å². The van der Waals surface area contributed by atoms with E-state index in [-0.39, 0.29) is 5.91 Å². The zero-order valence-corrected chi connectivity index (χ0v) is 16.8. The van der Waals surface area contributed by atoms with E-state index in [1.54, 1.807) is 11.8 Å². The third kappa shape index (κ3) is 5.17. The molecule has 8 heteroatoms. The Balaban J connectivity index is 1.95. The summed E-state index contributed by atoms with van der Waals surface area (Å²) in [6.07, 6.45) is 0.696. The van der Waals surface area contributed by atoms with Crippen LogP contribution in [0.4, 0.5) is 0 Å². The molecule has 0 aliphatic carbocycles. The Morgan fingerprint density at radius 2 is 2.12 bits per heavy atom. The summed E-state index contributed by atoms with van der Waals surface area (Å²) in [6.45, 7) is 3.79. The van der Waals surface area contributed by atoms with Gasteiger partial charge in [0, 0.05) is 17.3 Å². The van der Waals surface area contributed by atoms with E-state index in [0.29, 0.717) is 17.9 Å². The van der Waals surface area contributed by atoms with Gasteiger partial charge in [-0.1, -0.05) is 30.3 Å². The molecular formula is C18H24N2O4S2. The van der Waals surface area contributed by atoms with Gasteiger partial charge in [0.15, 0.2) is 0 Å². The molecule has 2 amide bonds. The van der Waals surface area contributed by atoms with E-state index >= 15 is 0 Å². The molecule has 2 rings (SSSR count). The van der Waals surface area contributed by atoms with Crippen molar-refractivity contribution >= 4 is 41.8 Å². The Morgan fingerprint density at radius 3 is 2.73 bits per heavy atom. The second-order valence-electron chi connectivity index (χ2n) is 6.37. The van der Waals surface area contributed by atoms with E-state index in [0.717, 1.165) is 11.3 Å². The van der Waals surface area contributed by atoms with E-state index in [1.165, 1.54) is 23.8 Å². The molecule has 1 aliphatic heterocycles. The standard InChI is InChI=1S/C18H24N2O4S2/c1-18(2)20(12-21)15(11-26-18)16(22)19-14(17(23)24-3)10-25-9-13-7-5-4-6-8-13/h4-8,12,14-15H,9-11H2,1-3H3,(H,19,22)/t14-,15-/m0/s1. The normalized spacial score (nSPS) is 19.7. The van der Waals surface area contributed by atoms with Gasteiger partial charge >= 0.3 is 5.97 Å². The average Bonchev–Trinajstić information content (AvgIpc) is 2.95. The van der Waals surface area contributed by atoms with E-state index in [4.69, 9.17) is 4.74 Å². The lowest BCUT2D eigenvalue weighted by atomic mass is 10.2. The summed E-state index contributed by atoms with van der Waals surface area (Å²) in [7, 11) is 1.30. The molecule has 0 aromatic heterocycles. The zero-order valence-electron chi connectivity index (χ0n) is 15.1. The predicted molar refractivity (Wildman–Crippen MR) is 105 cm³/mol. The van der Waals surface area contributed by atoms with Crippen molar-refractivity contribution in [3.63, 3.8) is 0 Å². The Kier molecular flexibility index (Phi) is 7.40. The summed E-state index contributed by atoms with van der Waals surface area (Å²) < 4.78 is 4.82. The second-order valence-corrected chi connectivity index (χ2v) is 9.02. The van der Waals surface area contributed by atoms with Gasteiger partial charge in [-0.25, -0.2) is 4.79 Å². The van der Waals surface area contributed by atoms with E-state index in [9.17, 15) is 14.4 Å². The highest BCUT2D eigenvalue weighted by Gasteiger charge is 2.43. The maximum absolute atomic E-state index is 12.6. The van der Waals surface area contributed by atoms with Crippen LogP contribution in [0.5, 0.6) is 0 Å². The monoisotopic (exact) mass is 396 g/mol. The van der Waals surface area contributed by atoms with Crippen LogP contribution in [0.25, 0.3) is 0 Å². The fourth-order valence-corrected chi connectivity index (χ4v) is 4.86. The number of hydrogen-bond donors (Lipinski definition) is 1. The van der Waals surface area contributed by atoms with Crippen molar-refractivity contribution in [1.29, 1.82) is 0 Å².